The smallest absolute Gasteiger partial charge is 0.0331 e. The van der Waals surface area contributed by atoms with E-state index in [2.05, 4.69) is 59.4 Å². The van der Waals surface area contributed by atoms with Crippen molar-refractivity contribution in [2.45, 2.75) is 26.3 Å². The van der Waals surface area contributed by atoms with E-state index in [1.54, 1.807) is 0 Å². The van der Waals surface area contributed by atoms with Gasteiger partial charge in [-0.15, -0.1) is 0 Å². The van der Waals surface area contributed by atoms with E-state index in [1.807, 2.05) is 7.05 Å². The molecule has 0 aliphatic rings. The van der Waals surface area contributed by atoms with Crippen molar-refractivity contribution < 1.29 is 0 Å². The summed E-state index contributed by atoms with van der Waals surface area (Å²) in [7, 11) is 2.02. The average molecular weight is 256 g/mol. The van der Waals surface area contributed by atoms with Crippen LogP contribution in [0.2, 0.25) is 0 Å². The van der Waals surface area contributed by atoms with Crippen molar-refractivity contribution >= 4 is 15.9 Å². The maximum atomic E-state index is 3.59. The lowest BCUT2D eigenvalue weighted by Gasteiger charge is -2.19. The molecular formula is C12H18BrN. The van der Waals surface area contributed by atoms with Gasteiger partial charge in [0.25, 0.3) is 0 Å². The highest BCUT2D eigenvalue weighted by molar-refractivity contribution is 9.10. The normalized spacial score (nSPS) is 13.2. The quantitative estimate of drug-likeness (QED) is 0.864. The van der Waals surface area contributed by atoms with Gasteiger partial charge in [-0.05, 0) is 31.0 Å². The molecule has 1 aromatic carbocycles. The fraction of sp³-hybridized carbons (Fsp3) is 0.500. The van der Waals surface area contributed by atoms with Crippen LogP contribution in [0.15, 0.2) is 28.7 Å². The van der Waals surface area contributed by atoms with Crippen molar-refractivity contribution in [2.75, 3.05) is 7.05 Å². The van der Waals surface area contributed by atoms with Crippen molar-refractivity contribution in [2.24, 2.45) is 5.92 Å². The minimum Gasteiger partial charge on any atom is -0.313 e. The first-order chi connectivity index (χ1) is 6.65. The lowest BCUT2D eigenvalue weighted by molar-refractivity contribution is 0.455. The van der Waals surface area contributed by atoms with Crippen LogP contribution in [0.3, 0.4) is 0 Å². The Bertz CT molecular complexity index is 283. The molecule has 1 nitrogen and oxygen atoms in total. The van der Waals surface area contributed by atoms with E-state index in [1.165, 1.54) is 16.5 Å². The Kier molecular flexibility index (Phi) is 4.63. The number of hydrogen-bond donors (Lipinski definition) is 1. The monoisotopic (exact) mass is 255 g/mol. The molecule has 0 aliphatic carbocycles. The fourth-order valence-electron chi connectivity index (χ4n) is 1.63. The fourth-order valence-corrected chi connectivity index (χ4v) is 2.19. The van der Waals surface area contributed by atoms with Gasteiger partial charge in [0.05, 0.1) is 0 Å². The first kappa shape index (κ1) is 11.7. The lowest BCUT2D eigenvalue weighted by Crippen LogP contribution is -2.18. The standard InChI is InChI=1S/C12H18BrN/c1-9(2)8-12(14-3)10-6-4-5-7-11(10)13/h4-7,9,12,14H,8H2,1-3H3. The molecular weight excluding hydrogens is 238 g/mol. The maximum absolute atomic E-state index is 3.59. The summed E-state index contributed by atoms with van der Waals surface area (Å²) in [6, 6.07) is 8.86. The van der Waals surface area contributed by atoms with Gasteiger partial charge in [0, 0.05) is 10.5 Å². The van der Waals surface area contributed by atoms with Crippen LogP contribution in [0.25, 0.3) is 0 Å². The van der Waals surface area contributed by atoms with Gasteiger partial charge in [-0.1, -0.05) is 48.0 Å². The topological polar surface area (TPSA) is 12.0 Å². The van der Waals surface area contributed by atoms with Gasteiger partial charge < -0.3 is 5.32 Å². The SMILES string of the molecule is CNC(CC(C)C)c1ccccc1Br. The van der Waals surface area contributed by atoms with E-state index in [0.717, 1.165) is 0 Å². The van der Waals surface area contributed by atoms with Crippen LogP contribution >= 0.6 is 15.9 Å². The molecule has 0 amide bonds. The van der Waals surface area contributed by atoms with Crippen LogP contribution in [0.4, 0.5) is 0 Å². The van der Waals surface area contributed by atoms with Crippen LogP contribution in [-0.2, 0) is 0 Å². The minimum atomic E-state index is 0.450. The Balaban J connectivity index is 2.83. The van der Waals surface area contributed by atoms with E-state index in [0.29, 0.717) is 12.0 Å². The van der Waals surface area contributed by atoms with Gasteiger partial charge in [-0.3, -0.25) is 0 Å². The molecule has 0 saturated heterocycles. The molecule has 78 valence electrons. The predicted octanol–water partition coefficient (Wildman–Crippen LogP) is 3.76. The molecule has 0 spiro atoms. The zero-order valence-corrected chi connectivity index (χ0v) is 10.6. The third-order valence-electron chi connectivity index (χ3n) is 2.34. The summed E-state index contributed by atoms with van der Waals surface area (Å²) in [6.07, 6.45) is 1.17. The summed E-state index contributed by atoms with van der Waals surface area (Å²) in [5, 5.41) is 3.36. The molecule has 0 aromatic heterocycles. The third-order valence-corrected chi connectivity index (χ3v) is 3.06. The molecule has 14 heavy (non-hydrogen) atoms. The second-order valence-corrected chi connectivity index (χ2v) is 4.85. The van der Waals surface area contributed by atoms with Gasteiger partial charge in [0.15, 0.2) is 0 Å². The number of halogens is 1. The molecule has 1 rings (SSSR count). The van der Waals surface area contributed by atoms with Crippen molar-refractivity contribution in [3.63, 3.8) is 0 Å². The zero-order chi connectivity index (χ0) is 10.6. The summed E-state index contributed by atoms with van der Waals surface area (Å²) in [5.41, 5.74) is 1.35. The van der Waals surface area contributed by atoms with E-state index < -0.39 is 0 Å². The van der Waals surface area contributed by atoms with Crippen LogP contribution in [0.1, 0.15) is 31.9 Å². The van der Waals surface area contributed by atoms with Crippen molar-refractivity contribution in [3.8, 4) is 0 Å². The summed E-state index contributed by atoms with van der Waals surface area (Å²) in [6.45, 7) is 4.50. The first-order valence-corrected chi connectivity index (χ1v) is 5.86. The molecule has 1 N–H and O–H groups in total. The molecule has 0 bridgehead atoms. The molecule has 0 saturated carbocycles. The van der Waals surface area contributed by atoms with Crippen molar-refractivity contribution in [1.29, 1.82) is 0 Å². The summed E-state index contributed by atoms with van der Waals surface area (Å²) in [4.78, 5) is 0. The Morgan fingerprint density at radius 1 is 1.29 bits per heavy atom. The molecule has 2 heteroatoms. The highest BCUT2D eigenvalue weighted by Gasteiger charge is 2.13. The minimum absolute atomic E-state index is 0.450. The summed E-state index contributed by atoms with van der Waals surface area (Å²) in [5.74, 6) is 0.708. The van der Waals surface area contributed by atoms with Gasteiger partial charge in [-0.2, -0.15) is 0 Å². The molecule has 0 aliphatic heterocycles. The van der Waals surface area contributed by atoms with Crippen LogP contribution in [-0.4, -0.2) is 7.05 Å². The number of nitrogens with one attached hydrogen (secondary N) is 1. The second-order valence-electron chi connectivity index (χ2n) is 3.99. The van der Waals surface area contributed by atoms with E-state index in [4.69, 9.17) is 0 Å². The molecule has 1 aromatic rings. The molecule has 1 atom stereocenters. The Morgan fingerprint density at radius 3 is 2.43 bits per heavy atom. The van der Waals surface area contributed by atoms with E-state index >= 15 is 0 Å². The highest BCUT2D eigenvalue weighted by Crippen LogP contribution is 2.27. The largest absolute Gasteiger partial charge is 0.313 e. The summed E-state index contributed by atoms with van der Waals surface area (Å²) < 4.78 is 1.19. The highest BCUT2D eigenvalue weighted by atomic mass is 79.9. The summed E-state index contributed by atoms with van der Waals surface area (Å²) >= 11 is 3.59. The van der Waals surface area contributed by atoms with Crippen molar-refractivity contribution in [1.82, 2.24) is 5.32 Å². The van der Waals surface area contributed by atoms with Crippen LogP contribution < -0.4 is 5.32 Å². The lowest BCUT2D eigenvalue weighted by atomic mass is 9.97. The molecule has 0 heterocycles. The molecule has 0 radical (unpaired) electrons. The van der Waals surface area contributed by atoms with Gasteiger partial charge in [-0.25, -0.2) is 0 Å². The van der Waals surface area contributed by atoms with Crippen LogP contribution in [0.5, 0.6) is 0 Å². The van der Waals surface area contributed by atoms with E-state index in [9.17, 15) is 0 Å². The Morgan fingerprint density at radius 2 is 1.93 bits per heavy atom. The Labute approximate surface area is 95.0 Å². The van der Waals surface area contributed by atoms with Gasteiger partial charge in [0.1, 0.15) is 0 Å². The van der Waals surface area contributed by atoms with Gasteiger partial charge >= 0.3 is 0 Å². The Hall–Kier alpha value is -0.340. The third kappa shape index (κ3) is 3.10. The maximum Gasteiger partial charge on any atom is 0.0331 e. The number of rotatable bonds is 4. The second kappa shape index (κ2) is 5.52. The molecule has 0 fully saturated rings. The van der Waals surface area contributed by atoms with Crippen LogP contribution in [0, 0.1) is 5.92 Å². The first-order valence-electron chi connectivity index (χ1n) is 5.06. The number of hydrogen-bond acceptors (Lipinski definition) is 1. The van der Waals surface area contributed by atoms with E-state index in [-0.39, 0.29) is 0 Å². The molecule has 1 unspecified atom stereocenters. The van der Waals surface area contributed by atoms with Gasteiger partial charge in [0.2, 0.25) is 0 Å². The number of benzene rings is 1. The van der Waals surface area contributed by atoms with Crippen molar-refractivity contribution in [3.05, 3.63) is 34.3 Å². The zero-order valence-electron chi connectivity index (χ0n) is 9.05. The average Bonchev–Trinajstić information content (AvgIpc) is 2.15. The predicted molar refractivity (Wildman–Crippen MR) is 65.4 cm³/mol.